The molecular weight excluding hydrogens is 622 g/mol. The summed E-state index contributed by atoms with van der Waals surface area (Å²) in [4.78, 5) is 21.6. The van der Waals surface area contributed by atoms with Crippen LogP contribution in [0.25, 0.3) is 0 Å². The van der Waals surface area contributed by atoms with Crippen LogP contribution in [0.2, 0.25) is 0 Å². The van der Waals surface area contributed by atoms with E-state index in [1.807, 2.05) is 0 Å². The van der Waals surface area contributed by atoms with E-state index in [1.54, 1.807) is 0 Å². The number of hydrogen-bond acceptors (Lipinski definition) is 1. The van der Waals surface area contributed by atoms with Gasteiger partial charge < -0.3 is 14.7 Å². The van der Waals surface area contributed by atoms with E-state index in [2.05, 4.69) is 47.9 Å². The summed E-state index contributed by atoms with van der Waals surface area (Å²) in [6.45, 7) is 0. The minimum absolute atomic E-state index is 2.03. The van der Waals surface area contributed by atoms with Gasteiger partial charge in [0.05, 0.1) is 0 Å². The van der Waals surface area contributed by atoms with Gasteiger partial charge in [0.2, 0.25) is 0 Å². The van der Waals surface area contributed by atoms with Gasteiger partial charge in [-0.15, -0.1) is 0 Å². The molecule has 0 aliphatic carbocycles. The van der Waals surface area contributed by atoms with Crippen LogP contribution in [-0.4, -0.2) is 26.2 Å². The van der Waals surface area contributed by atoms with Crippen LogP contribution >= 0.6 is 55.8 Å². The van der Waals surface area contributed by atoms with Crippen LogP contribution in [0.3, 0.4) is 0 Å². The average molecular weight is 625 g/mol. The molecule has 4 nitrogen and oxygen atoms in total. The molecule has 0 fully saturated rings. The van der Waals surface area contributed by atoms with Crippen LogP contribution in [0.1, 0.15) is 0 Å². The van der Waals surface area contributed by atoms with Gasteiger partial charge >= 0.3 is 67.3 Å². The quantitative estimate of drug-likeness (QED) is 0.285. The molecule has 0 aromatic heterocycles. The van der Waals surface area contributed by atoms with Crippen LogP contribution in [0.5, 0.6) is 0 Å². The van der Waals surface area contributed by atoms with Crippen molar-refractivity contribution in [1.29, 1.82) is 0 Å². The van der Waals surface area contributed by atoms with Crippen molar-refractivity contribution in [3.8, 4) is 0 Å². The molecule has 0 bridgehead atoms. The van der Waals surface area contributed by atoms with Gasteiger partial charge in [0.25, 0.3) is 0 Å². The Morgan fingerprint density at radius 3 is 1.00 bits per heavy atom. The van der Waals surface area contributed by atoms with Gasteiger partial charge in [-0.25, -0.2) is 4.57 Å². The second kappa shape index (κ2) is 6.41. The summed E-state index contributed by atoms with van der Waals surface area (Å²) in [6.07, 6.45) is 0. The fraction of sp³-hybridized carbons (Fsp3) is 0. The summed E-state index contributed by atoms with van der Waals surface area (Å²) < 4.78 is 8.88. The Kier molecular flexibility index (Phi) is 9.89. The first-order chi connectivity index (χ1) is 4.00. The molecule has 10 heteroatoms. The van der Waals surface area contributed by atoms with E-state index in [4.69, 9.17) is 19.2 Å². The molecule has 3 N–H and O–H groups in total. The molecule has 0 amide bonds. The Hall–Kier alpha value is 2.95. The summed E-state index contributed by atoms with van der Waals surface area (Å²) in [6, 6.07) is 0. The van der Waals surface area contributed by atoms with Crippen molar-refractivity contribution in [2.45, 2.75) is 0 Å². The van der Waals surface area contributed by atoms with E-state index in [9.17, 15) is 0 Å². The number of rotatable bonds is 0. The molecule has 0 atom stereocenters. The fourth-order valence-corrected chi connectivity index (χ4v) is 0. The Bertz CT molecular complexity index is 109. The molecule has 64 valence electrons. The van der Waals surface area contributed by atoms with Crippen molar-refractivity contribution in [3.05, 3.63) is 0 Å². The Balaban J connectivity index is 0. The zero-order valence-electron chi connectivity index (χ0n) is 4.21. The number of halogens is 4. The van der Waals surface area contributed by atoms with Gasteiger partial charge in [-0.1, -0.05) is 0 Å². The monoisotopic (exact) mass is 622 g/mol. The molecule has 0 rings (SSSR count). The predicted molar refractivity (Wildman–Crippen MR) is 55.7 cm³/mol. The van der Waals surface area contributed by atoms with Gasteiger partial charge in [0.1, 0.15) is 0 Å². The van der Waals surface area contributed by atoms with E-state index < -0.39 is 19.4 Å². The molecule has 0 saturated heterocycles. The molecule has 0 aromatic rings. The first-order valence-corrected chi connectivity index (χ1v) is 36.8. The zero-order chi connectivity index (χ0) is 9.00. The van der Waals surface area contributed by atoms with E-state index >= 15 is 0 Å². The first kappa shape index (κ1) is 15.4. The van der Waals surface area contributed by atoms with Gasteiger partial charge in [0, 0.05) is 0 Å². The third-order valence-electron chi connectivity index (χ3n) is 0. The maximum atomic E-state index is 8.88. The van der Waals surface area contributed by atoms with Crippen molar-refractivity contribution < 1.29 is 19.2 Å². The number of hydrogen-bond donors (Lipinski definition) is 3. The van der Waals surface area contributed by atoms with Gasteiger partial charge in [0.15, 0.2) is 0 Å². The molecule has 0 unspecified atom stereocenters. The van der Waals surface area contributed by atoms with E-state index in [1.165, 1.54) is 0 Å². The van der Waals surface area contributed by atoms with E-state index in [0.717, 1.165) is 0 Å². The average Bonchev–Trinajstić information content (AvgIpc) is 1.12. The molecule has 0 saturated carbocycles. The molecule has 0 heterocycles. The minimum atomic E-state index is -4.64. The van der Waals surface area contributed by atoms with Crippen LogP contribution in [0.15, 0.2) is 0 Å². The van der Waals surface area contributed by atoms with E-state index in [-0.39, 0.29) is 0 Å². The van der Waals surface area contributed by atoms with Crippen LogP contribution in [0, 0.1) is 0 Å². The van der Waals surface area contributed by atoms with Crippen molar-refractivity contribution in [2.75, 3.05) is 0 Å². The first-order valence-electron chi connectivity index (χ1n) is 1.54. The van der Waals surface area contributed by atoms with Gasteiger partial charge in [-0.2, -0.15) is 0 Å². The standard InChI is InChI=1S/4BrH.H3O4P.Pb/c;;;;1-5(2,3)4;/h4*1H;(H3,1,2,3,4);/q;;;;;+4/p-4. The van der Waals surface area contributed by atoms with Gasteiger partial charge in [-0.3, -0.25) is 0 Å². The maximum absolute atomic E-state index is 8.88. The Morgan fingerprint density at radius 2 is 1.00 bits per heavy atom. The second-order valence-corrected chi connectivity index (χ2v) is 103. The normalized spacial score (nSPS) is 11.9. The summed E-state index contributed by atoms with van der Waals surface area (Å²) in [5.41, 5.74) is 0. The molecule has 0 spiro atoms. The molecular formula is H3Br4O4PPb. The predicted octanol–water partition coefficient (Wildman–Crippen LogP) is 2.07. The second-order valence-electron chi connectivity index (χ2n) is 0.942. The van der Waals surface area contributed by atoms with Gasteiger partial charge in [-0.05, 0) is 0 Å². The van der Waals surface area contributed by atoms with Crippen molar-refractivity contribution >= 4 is 67.3 Å². The molecule has 0 aliphatic rings. The summed E-state index contributed by atoms with van der Waals surface area (Å²) >= 11 is 11.4. The summed E-state index contributed by atoms with van der Waals surface area (Å²) in [5, 5.41) is 0. The summed E-state index contributed by atoms with van der Waals surface area (Å²) in [5.74, 6) is 0. The van der Waals surface area contributed by atoms with Crippen LogP contribution < -0.4 is 0 Å². The Labute approximate surface area is 84.9 Å². The van der Waals surface area contributed by atoms with Crippen molar-refractivity contribution in [1.82, 2.24) is 0 Å². The summed E-state index contributed by atoms with van der Waals surface area (Å²) in [7, 11) is -4.64. The topological polar surface area (TPSA) is 77.8 Å². The number of phosphoric acid groups is 1. The fourth-order valence-electron chi connectivity index (χ4n) is 0. The third kappa shape index (κ3) is 124. The van der Waals surface area contributed by atoms with Crippen molar-refractivity contribution in [3.63, 3.8) is 0 Å². The van der Waals surface area contributed by atoms with Crippen LogP contribution in [-0.2, 0) is 4.57 Å². The molecule has 10 heavy (non-hydrogen) atoms. The SMILES string of the molecule is O=P(O)(O)O.[Br][Pb]([Br])([Br])[Br]. The molecule has 0 aromatic carbocycles. The Morgan fingerprint density at radius 1 is 1.00 bits per heavy atom. The van der Waals surface area contributed by atoms with Crippen LogP contribution in [0.4, 0.5) is 0 Å². The molecule has 0 radical (unpaired) electrons. The van der Waals surface area contributed by atoms with Crippen molar-refractivity contribution in [2.24, 2.45) is 0 Å². The van der Waals surface area contributed by atoms with E-state index in [0.29, 0.717) is 0 Å². The third-order valence-corrected chi connectivity index (χ3v) is 0. The molecule has 0 aliphatic heterocycles. The zero-order valence-corrected chi connectivity index (χ0v) is 15.3.